The third-order valence-corrected chi connectivity index (χ3v) is 2.88. The van der Waals surface area contributed by atoms with Crippen LogP contribution in [0.4, 0.5) is 11.4 Å². The van der Waals surface area contributed by atoms with Crippen molar-refractivity contribution in [3.63, 3.8) is 0 Å². The number of halogens is 1. The van der Waals surface area contributed by atoms with Gasteiger partial charge < -0.3 is 10.6 Å². The number of hydrogen-bond acceptors (Lipinski definition) is 2. The molecule has 0 aromatic heterocycles. The maximum atomic E-state index is 11.7. The predicted molar refractivity (Wildman–Crippen MR) is 65.2 cm³/mol. The van der Waals surface area contributed by atoms with Crippen molar-refractivity contribution in [1.82, 2.24) is 0 Å². The van der Waals surface area contributed by atoms with Crippen LogP contribution < -0.4 is 10.6 Å². The summed E-state index contributed by atoms with van der Waals surface area (Å²) in [7, 11) is 0. The lowest BCUT2D eigenvalue weighted by molar-refractivity contribution is -0.117. The largest absolute Gasteiger partial charge is 0.397 e. The lowest BCUT2D eigenvalue weighted by Gasteiger charge is -2.18. The van der Waals surface area contributed by atoms with E-state index in [9.17, 15) is 4.79 Å². The maximum Gasteiger partial charge on any atom is 0.228 e. The average molecular weight is 235 g/mol. The second kappa shape index (κ2) is 4.07. The van der Waals surface area contributed by atoms with Crippen molar-refractivity contribution in [2.24, 2.45) is 5.92 Å². The number of terminal acetylenes is 1. The number of hydrogen-bond donors (Lipinski definition) is 1. The highest BCUT2D eigenvalue weighted by Gasteiger charge is 2.30. The highest BCUT2D eigenvalue weighted by Crippen LogP contribution is 2.31. The van der Waals surface area contributed by atoms with E-state index in [1.54, 1.807) is 23.1 Å². The van der Waals surface area contributed by atoms with Gasteiger partial charge in [0.05, 0.1) is 11.4 Å². The van der Waals surface area contributed by atoms with Crippen molar-refractivity contribution in [3.8, 4) is 12.3 Å². The number of rotatable bonds is 1. The molecule has 4 heteroatoms. The van der Waals surface area contributed by atoms with E-state index >= 15 is 0 Å². The first kappa shape index (κ1) is 10.8. The zero-order valence-electron chi connectivity index (χ0n) is 8.61. The number of carbonyl (C=O) groups is 1. The van der Waals surface area contributed by atoms with Crippen LogP contribution in [-0.4, -0.2) is 12.5 Å². The van der Waals surface area contributed by atoms with E-state index < -0.39 is 0 Å². The molecule has 0 radical (unpaired) electrons. The van der Waals surface area contributed by atoms with Gasteiger partial charge >= 0.3 is 0 Å². The first-order valence-corrected chi connectivity index (χ1v) is 5.31. The Balaban J connectivity index is 2.32. The number of nitrogens with zero attached hydrogens (tertiary/aromatic N) is 1. The number of amides is 1. The molecule has 1 fully saturated rings. The van der Waals surface area contributed by atoms with Crippen LogP contribution in [0.5, 0.6) is 0 Å². The van der Waals surface area contributed by atoms with E-state index in [0.717, 1.165) is 0 Å². The van der Waals surface area contributed by atoms with E-state index in [-0.39, 0.29) is 11.8 Å². The Bertz CT molecular complexity index is 478. The van der Waals surface area contributed by atoms with Crippen LogP contribution >= 0.6 is 11.6 Å². The summed E-state index contributed by atoms with van der Waals surface area (Å²) < 4.78 is 0. The quantitative estimate of drug-likeness (QED) is 0.596. The normalized spacial score (nSPS) is 19.9. The minimum absolute atomic E-state index is 0.0111. The molecule has 1 saturated heterocycles. The molecule has 2 N–H and O–H groups in total. The molecule has 0 spiro atoms. The van der Waals surface area contributed by atoms with Crippen molar-refractivity contribution >= 4 is 28.9 Å². The van der Waals surface area contributed by atoms with Crippen LogP contribution in [0, 0.1) is 18.3 Å². The summed E-state index contributed by atoms with van der Waals surface area (Å²) in [6.45, 7) is 0.529. The molecule has 3 nitrogen and oxygen atoms in total. The van der Waals surface area contributed by atoms with Gasteiger partial charge in [-0.2, -0.15) is 0 Å². The Morgan fingerprint density at radius 1 is 1.56 bits per heavy atom. The van der Waals surface area contributed by atoms with Crippen molar-refractivity contribution in [2.75, 3.05) is 17.2 Å². The van der Waals surface area contributed by atoms with Crippen molar-refractivity contribution in [1.29, 1.82) is 0 Å². The summed E-state index contributed by atoms with van der Waals surface area (Å²) in [5.74, 6) is 2.58. The number of anilines is 2. The van der Waals surface area contributed by atoms with Crippen molar-refractivity contribution in [2.45, 2.75) is 6.42 Å². The van der Waals surface area contributed by atoms with E-state index in [1.807, 2.05) is 0 Å². The molecule has 2 rings (SSSR count). The fourth-order valence-corrected chi connectivity index (χ4v) is 2.00. The Morgan fingerprint density at radius 3 is 2.88 bits per heavy atom. The Kier molecular flexibility index (Phi) is 2.76. The van der Waals surface area contributed by atoms with Crippen molar-refractivity contribution in [3.05, 3.63) is 23.2 Å². The molecule has 1 unspecified atom stereocenters. The molecule has 1 aromatic carbocycles. The molecule has 16 heavy (non-hydrogen) atoms. The van der Waals surface area contributed by atoms with Crippen LogP contribution in [0.1, 0.15) is 6.42 Å². The first-order valence-electron chi connectivity index (χ1n) is 4.93. The van der Waals surface area contributed by atoms with E-state index in [1.165, 1.54) is 0 Å². The van der Waals surface area contributed by atoms with Gasteiger partial charge in [-0.1, -0.05) is 11.6 Å². The number of nitrogen functional groups attached to an aromatic ring is 1. The third kappa shape index (κ3) is 1.84. The number of carbonyl (C=O) groups excluding carboxylic acids is 1. The second-order valence-electron chi connectivity index (χ2n) is 3.78. The second-order valence-corrected chi connectivity index (χ2v) is 4.21. The van der Waals surface area contributed by atoms with Gasteiger partial charge in [-0.3, -0.25) is 4.79 Å². The molecule has 0 saturated carbocycles. The van der Waals surface area contributed by atoms with E-state index in [0.29, 0.717) is 29.4 Å². The van der Waals surface area contributed by atoms with Gasteiger partial charge in [-0.15, -0.1) is 12.3 Å². The highest BCUT2D eigenvalue weighted by molar-refractivity contribution is 6.31. The number of benzene rings is 1. The zero-order chi connectivity index (χ0) is 11.7. The molecule has 0 aliphatic carbocycles. The van der Waals surface area contributed by atoms with Crippen LogP contribution in [0.15, 0.2) is 18.2 Å². The minimum atomic E-state index is -0.0254. The standard InChI is InChI=1S/C12H11ClN2O/c1-2-8-5-12(16)15(7-8)11-4-3-9(13)6-10(11)14/h1,3-4,6,8H,5,7,14H2. The minimum Gasteiger partial charge on any atom is -0.397 e. The Labute approximate surface area is 99.2 Å². The fraction of sp³-hybridized carbons (Fsp3) is 0.250. The SMILES string of the molecule is C#CC1CC(=O)N(c2ccc(Cl)cc2N)C1. The van der Waals surface area contributed by atoms with Crippen LogP contribution in [-0.2, 0) is 4.79 Å². The van der Waals surface area contributed by atoms with Crippen LogP contribution in [0.25, 0.3) is 0 Å². The molecule has 1 aliphatic rings. The fourth-order valence-electron chi connectivity index (χ4n) is 1.82. The van der Waals surface area contributed by atoms with Gasteiger partial charge in [0.25, 0.3) is 0 Å². The van der Waals surface area contributed by atoms with Gasteiger partial charge in [-0.25, -0.2) is 0 Å². The smallest absolute Gasteiger partial charge is 0.228 e. The molecular formula is C12H11ClN2O. The van der Waals surface area contributed by atoms with Gasteiger partial charge in [0.1, 0.15) is 0 Å². The van der Waals surface area contributed by atoms with Gasteiger partial charge in [0.15, 0.2) is 0 Å². The van der Waals surface area contributed by atoms with Crippen LogP contribution in [0.2, 0.25) is 5.02 Å². The lowest BCUT2D eigenvalue weighted by atomic mass is 10.1. The summed E-state index contributed by atoms with van der Waals surface area (Å²) in [5.41, 5.74) is 7.01. The summed E-state index contributed by atoms with van der Waals surface area (Å²) in [6, 6.07) is 5.09. The maximum absolute atomic E-state index is 11.7. The summed E-state index contributed by atoms with van der Waals surface area (Å²) in [4.78, 5) is 13.3. The first-order chi connectivity index (χ1) is 7.61. The van der Waals surface area contributed by atoms with Gasteiger partial charge in [0, 0.05) is 23.9 Å². The van der Waals surface area contributed by atoms with Crippen molar-refractivity contribution < 1.29 is 4.79 Å². The zero-order valence-corrected chi connectivity index (χ0v) is 9.37. The predicted octanol–water partition coefficient (Wildman–Crippen LogP) is 1.91. The summed E-state index contributed by atoms with van der Waals surface area (Å²) >= 11 is 5.80. The Hall–Kier alpha value is -1.66. The molecular weight excluding hydrogens is 224 g/mol. The monoisotopic (exact) mass is 234 g/mol. The number of nitrogens with two attached hydrogens (primary N) is 1. The molecule has 82 valence electrons. The molecule has 1 aromatic rings. The molecule has 1 atom stereocenters. The molecule has 1 aliphatic heterocycles. The van der Waals surface area contributed by atoms with E-state index in [4.69, 9.17) is 23.8 Å². The van der Waals surface area contributed by atoms with Gasteiger partial charge in [-0.05, 0) is 18.2 Å². The molecule has 1 heterocycles. The lowest BCUT2D eigenvalue weighted by Crippen LogP contribution is -2.25. The topological polar surface area (TPSA) is 46.3 Å². The summed E-state index contributed by atoms with van der Waals surface area (Å²) in [5, 5.41) is 0.557. The summed E-state index contributed by atoms with van der Waals surface area (Å²) in [6.07, 6.45) is 5.70. The molecule has 0 bridgehead atoms. The van der Waals surface area contributed by atoms with Gasteiger partial charge in [0.2, 0.25) is 5.91 Å². The highest BCUT2D eigenvalue weighted by atomic mass is 35.5. The average Bonchev–Trinajstić information content (AvgIpc) is 2.60. The van der Waals surface area contributed by atoms with E-state index in [2.05, 4.69) is 5.92 Å². The third-order valence-electron chi connectivity index (χ3n) is 2.64. The Morgan fingerprint density at radius 2 is 2.31 bits per heavy atom. The van der Waals surface area contributed by atoms with Crippen LogP contribution in [0.3, 0.4) is 0 Å². The molecule has 1 amide bonds.